The second kappa shape index (κ2) is 8.40. The lowest BCUT2D eigenvalue weighted by Crippen LogP contribution is -2.44. The van der Waals surface area contributed by atoms with E-state index in [4.69, 9.17) is 16.3 Å². The summed E-state index contributed by atoms with van der Waals surface area (Å²) in [6.07, 6.45) is 4.68. The Bertz CT molecular complexity index is 1010. The first kappa shape index (κ1) is 23.9. The predicted molar refractivity (Wildman–Crippen MR) is 120 cm³/mol. The largest absolute Gasteiger partial charge is 0.368 e. The first-order chi connectivity index (χ1) is 16.1. The molecular weight excluding hydrogens is 469 g/mol. The molecule has 1 aromatic rings. The molecule has 4 aliphatic rings. The van der Waals surface area contributed by atoms with Crippen LogP contribution in [0.5, 0.6) is 0 Å². The van der Waals surface area contributed by atoms with E-state index in [2.05, 4.69) is 10.6 Å². The van der Waals surface area contributed by atoms with Gasteiger partial charge in [0.25, 0.3) is 5.91 Å². The van der Waals surface area contributed by atoms with Gasteiger partial charge in [0.2, 0.25) is 5.91 Å². The van der Waals surface area contributed by atoms with Gasteiger partial charge in [0.05, 0.1) is 11.1 Å². The van der Waals surface area contributed by atoms with E-state index in [1.807, 2.05) is 0 Å². The quantitative estimate of drug-likeness (QED) is 0.525. The van der Waals surface area contributed by atoms with Gasteiger partial charge in [-0.1, -0.05) is 11.6 Å². The van der Waals surface area contributed by atoms with Crippen LogP contribution in [0.15, 0.2) is 12.1 Å². The van der Waals surface area contributed by atoms with Crippen LogP contribution in [0.1, 0.15) is 75.8 Å². The molecule has 4 saturated carbocycles. The zero-order chi connectivity index (χ0) is 24.3. The summed E-state index contributed by atoms with van der Waals surface area (Å²) in [5.41, 5.74) is -3.13. The van der Waals surface area contributed by atoms with Crippen LogP contribution in [0.2, 0.25) is 5.02 Å². The molecule has 4 aliphatic carbocycles. The van der Waals surface area contributed by atoms with Crippen molar-refractivity contribution in [3.8, 4) is 0 Å². The molecule has 0 saturated heterocycles. The minimum Gasteiger partial charge on any atom is -0.368 e. The number of hydrogen-bond donors (Lipinski definition) is 2. The number of alkyl halides is 1. The van der Waals surface area contributed by atoms with E-state index in [0.717, 1.165) is 12.1 Å². The van der Waals surface area contributed by atoms with E-state index in [-0.39, 0.29) is 34.9 Å². The highest BCUT2D eigenvalue weighted by atomic mass is 35.5. The lowest BCUT2D eigenvalue weighted by molar-refractivity contribution is -0.134. The van der Waals surface area contributed by atoms with Crippen molar-refractivity contribution in [3.63, 3.8) is 0 Å². The Hall–Kier alpha value is -1.80. The number of fused-ring (bicyclic) bond motifs is 2. The number of ether oxygens (including phenoxy) is 1. The molecule has 5 nitrogen and oxygen atoms in total. The maximum Gasteiger partial charge on any atom is 0.252 e. The molecule has 1 aromatic carbocycles. The zero-order valence-electron chi connectivity index (χ0n) is 19.2. The van der Waals surface area contributed by atoms with E-state index in [1.54, 1.807) is 0 Å². The maximum atomic E-state index is 15.1. The Kier molecular flexibility index (Phi) is 5.91. The number of nitrogens with one attached hydrogen (secondary N) is 2. The summed E-state index contributed by atoms with van der Waals surface area (Å²) in [4.78, 5) is 25.8. The molecule has 2 amide bonds. The average Bonchev–Trinajstić information content (AvgIpc) is 3.16. The molecule has 34 heavy (non-hydrogen) atoms. The lowest BCUT2D eigenvalue weighted by atomic mass is 9.74. The lowest BCUT2D eigenvalue weighted by Gasteiger charge is -2.37. The van der Waals surface area contributed by atoms with Gasteiger partial charge in [-0.2, -0.15) is 0 Å². The van der Waals surface area contributed by atoms with Crippen molar-refractivity contribution in [3.05, 3.63) is 34.4 Å². The minimum atomic E-state index is -1.35. The van der Waals surface area contributed by atoms with Crippen LogP contribution in [0.3, 0.4) is 0 Å². The third-order valence-corrected chi connectivity index (χ3v) is 9.02. The Morgan fingerprint density at radius 2 is 1.82 bits per heavy atom. The van der Waals surface area contributed by atoms with Gasteiger partial charge in [-0.05, 0) is 81.8 Å². The smallest absolute Gasteiger partial charge is 0.252 e. The van der Waals surface area contributed by atoms with Crippen molar-refractivity contribution in [2.75, 3.05) is 7.11 Å². The number of methoxy groups -OCH3 is 1. The maximum absolute atomic E-state index is 15.1. The number of carbonyl (C=O) groups is 2. The van der Waals surface area contributed by atoms with Gasteiger partial charge in [-0.25, -0.2) is 13.2 Å². The molecule has 2 bridgehead atoms. The highest BCUT2D eigenvalue weighted by molar-refractivity contribution is 6.30. The molecule has 0 radical (unpaired) electrons. The summed E-state index contributed by atoms with van der Waals surface area (Å²) < 4.78 is 50.4. The van der Waals surface area contributed by atoms with Crippen molar-refractivity contribution in [2.24, 2.45) is 11.3 Å². The van der Waals surface area contributed by atoms with E-state index < -0.39 is 40.3 Å². The van der Waals surface area contributed by atoms with Crippen molar-refractivity contribution in [1.29, 1.82) is 0 Å². The highest BCUT2D eigenvalue weighted by Crippen LogP contribution is 2.63. The molecule has 0 aromatic heterocycles. The molecule has 0 aliphatic heterocycles. The monoisotopic (exact) mass is 498 g/mol. The molecule has 186 valence electrons. The third kappa shape index (κ3) is 4.00. The molecule has 2 N–H and O–H groups in total. The third-order valence-electron chi connectivity index (χ3n) is 8.73. The summed E-state index contributed by atoms with van der Waals surface area (Å²) in [5.74, 6) is -2.60. The van der Waals surface area contributed by atoms with Gasteiger partial charge in [0.15, 0.2) is 0 Å². The van der Waals surface area contributed by atoms with Crippen LogP contribution < -0.4 is 10.6 Å². The molecule has 5 rings (SSSR count). The SMILES string of the molecule is COC1(C(=O)NC2CC[C@H](C(=O)NC(c3c(F)ccc(Cl)c3F)C34CCC(F)(CC3)C4)C2)CC1. The molecule has 3 atom stereocenters. The van der Waals surface area contributed by atoms with Crippen molar-refractivity contribution in [2.45, 2.75) is 87.6 Å². The molecule has 2 unspecified atom stereocenters. The number of rotatable bonds is 7. The second-order valence-corrected chi connectivity index (χ2v) is 11.2. The van der Waals surface area contributed by atoms with Gasteiger partial charge in [0.1, 0.15) is 22.9 Å². The number of hydrogen-bond acceptors (Lipinski definition) is 3. The Morgan fingerprint density at radius 1 is 1.12 bits per heavy atom. The predicted octanol–water partition coefficient (Wildman–Crippen LogP) is 4.91. The van der Waals surface area contributed by atoms with Gasteiger partial charge in [-0.3, -0.25) is 9.59 Å². The highest BCUT2D eigenvalue weighted by Gasteiger charge is 2.59. The number of amides is 2. The van der Waals surface area contributed by atoms with Gasteiger partial charge >= 0.3 is 0 Å². The Balaban J connectivity index is 1.34. The van der Waals surface area contributed by atoms with Crippen molar-refractivity contribution >= 4 is 23.4 Å². The number of benzene rings is 1. The molecule has 0 heterocycles. The molecule has 9 heteroatoms. The topological polar surface area (TPSA) is 67.4 Å². The normalized spacial score (nSPS) is 34.1. The van der Waals surface area contributed by atoms with Crippen LogP contribution in [0, 0.1) is 23.0 Å². The fourth-order valence-electron chi connectivity index (χ4n) is 6.48. The van der Waals surface area contributed by atoms with Crippen LogP contribution >= 0.6 is 11.6 Å². The van der Waals surface area contributed by atoms with Crippen LogP contribution in [0.4, 0.5) is 13.2 Å². The number of carbonyl (C=O) groups excluding carboxylic acids is 2. The first-order valence-corrected chi connectivity index (χ1v) is 12.5. The van der Waals surface area contributed by atoms with Crippen molar-refractivity contribution < 1.29 is 27.5 Å². The van der Waals surface area contributed by atoms with Crippen LogP contribution in [-0.4, -0.2) is 36.2 Å². The summed E-state index contributed by atoms with van der Waals surface area (Å²) in [6.45, 7) is 0. The van der Waals surface area contributed by atoms with Gasteiger partial charge in [0, 0.05) is 24.6 Å². The summed E-state index contributed by atoms with van der Waals surface area (Å²) in [6, 6.07) is 1.07. The fraction of sp³-hybridized carbons (Fsp3) is 0.680. The standard InChI is InChI=1S/C25H30ClF3N2O3/c1-34-25(10-11-25)22(33)30-15-3-2-14(12-15)21(32)31-20(18-17(27)5-4-16(26)19(18)28)23-6-8-24(29,13-23)9-7-23/h4-5,14-15,20H,2-3,6-13H2,1H3,(H,30,33)(H,31,32)/t14-,15?,20?,23?,24?/m0/s1. The van der Waals surface area contributed by atoms with Crippen LogP contribution in [-0.2, 0) is 14.3 Å². The summed E-state index contributed by atoms with van der Waals surface area (Å²) >= 11 is 5.97. The summed E-state index contributed by atoms with van der Waals surface area (Å²) in [7, 11) is 1.52. The van der Waals surface area contributed by atoms with E-state index >= 15 is 8.78 Å². The first-order valence-electron chi connectivity index (χ1n) is 12.1. The summed E-state index contributed by atoms with van der Waals surface area (Å²) in [5, 5.41) is 5.66. The average molecular weight is 499 g/mol. The minimum absolute atomic E-state index is 0.155. The fourth-order valence-corrected chi connectivity index (χ4v) is 6.64. The molecule has 4 fully saturated rings. The number of halogens is 4. The van der Waals surface area contributed by atoms with Gasteiger partial charge in [-0.15, -0.1) is 0 Å². The molecular formula is C25H30ClF3N2O3. The van der Waals surface area contributed by atoms with E-state index in [0.29, 0.717) is 57.8 Å². The molecule has 0 spiro atoms. The van der Waals surface area contributed by atoms with E-state index in [9.17, 15) is 14.0 Å². The van der Waals surface area contributed by atoms with Crippen molar-refractivity contribution in [1.82, 2.24) is 10.6 Å². The van der Waals surface area contributed by atoms with E-state index in [1.165, 1.54) is 7.11 Å². The Morgan fingerprint density at radius 3 is 2.41 bits per heavy atom. The zero-order valence-corrected chi connectivity index (χ0v) is 20.0. The Labute approximate surface area is 202 Å². The van der Waals surface area contributed by atoms with Gasteiger partial charge < -0.3 is 15.4 Å². The second-order valence-electron chi connectivity index (χ2n) is 10.8. The van der Waals surface area contributed by atoms with Crippen LogP contribution in [0.25, 0.3) is 0 Å².